The quantitative estimate of drug-likeness (QED) is 0.712. The minimum Gasteiger partial charge on any atom is -0.358 e. The third kappa shape index (κ3) is 2.13. The molecular formula is C15H16F3N. The maximum atomic E-state index is 12.8. The molecule has 0 amide bonds. The number of benzene rings is 1. The van der Waals surface area contributed by atoms with Gasteiger partial charge in [0.25, 0.3) is 0 Å². The van der Waals surface area contributed by atoms with Crippen LogP contribution in [-0.2, 0) is 19.0 Å². The first-order valence-corrected chi connectivity index (χ1v) is 6.47. The van der Waals surface area contributed by atoms with Crippen LogP contribution in [0.2, 0.25) is 0 Å². The molecule has 3 rings (SSSR count). The molecule has 0 unspecified atom stereocenters. The molecule has 0 saturated heterocycles. The maximum Gasteiger partial charge on any atom is 0.416 e. The van der Waals surface area contributed by atoms with Crippen molar-refractivity contribution in [2.75, 3.05) is 0 Å². The van der Waals surface area contributed by atoms with Crippen LogP contribution in [-0.4, -0.2) is 4.98 Å². The van der Waals surface area contributed by atoms with E-state index in [1.165, 1.54) is 6.07 Å². The monoisotopic (exact) mass is 267 g/mol. The Hall–Kier alpha value is -1.45. The lowest BCUT2D eigenvalue weighted by molar-refractivity contribution is -0.137. The summed E-state index contributed by atoms with van der Waals surface area (Å²) in [5, 5.41) is 0.734. The van der Waals surface area contributed by atoms with Gasteiger partial charge < -0.3 is 4.98 Å². The number of H-pyrrole nitrogens is 1. The van der Waals surface area contributed by atoms with E-state index >= 15 is 0 Å². The number of halogens is 3. The van der Waals surface area contributed by atoms with Crippen molar-refractivity contribution in [2.24, 2.45) is 5.41 Å². The summed E-state index contributed by atoms with van der Waals surface area (Å²) >= 11 is 0. The lowest BCUT2D eigenvalue weighted by Crippen LogP contribution is -2.21. The first-order valence-electron chi connectivity index (χ1n) is 6.47. The molecule has 0 aliphatic heterocycles. The van der Waals surface area contributed by atoms with Crippen molar-refractivity contribution in [1.29, 1.82) is 0 Å². The molecule has 4 heteroatoms. The maximum absolute atomic E-state index is 12.8. The molecule has 1 N–H and O–H groups in total. The third-order valence-corrected chi connectivity index (χ3v) is 4.03. The van der Waals surface area contributed by atoms with E-state index in [9.17, 15) is 13.2 Å². The van der Waals surface area contributed by atoms with Gasteiger partial charge in [-0.3, -0.25) is 0 Å². The summed E-state index contributed by atoms with van der Waals surface area (Å²) in [4.78, 5) is 3.27. The Bertz CT molecular complexity index is 635. The molecule has 0 fully saturated rings. The summed E-state index contributed by atoms with van der Waals surface area (Å²) < 4.78 is 38.4. The molecule has 1 heterocycles. The summed E-state index contributed by atoms with van der Waals surface area (Å²) in [5.41, 5.74) is 2.59. The standard InChI is InChI=1S/C15H16F3N/c1-14(2)6-5-13-11(8-14)10-7-9(15(16,17)18)3-4-12(10)19-13/h3-4,7,19H,5-6,8H2,1-2H3. The fourth-order valence-corrected chi connectivity index (χ4v) is 2.93. The zero-order valence-electron chi connectivity index (χ0n) is 11.0. The van der Waals surface area contributed by atoms with E-state index in [4.69, 9.17) is 0 Å². The normalized spacial score (nSPS) is 18.6. The topological polar surface area (TPSA) is 15.8 Å². The van der Waals surface area contributed by atoms with Gasteiger partial charge >= 0.3 is 6.18 Å². The van der Waals surface area contributed by atoms with Crippen LogP contribution >= 0.6 is 0 Å². The van der Waals surface area contributed by atoms with Crippen LogP contribution in [0.15, 0.2) is 18.2 Å². The molecule has 0 atom stereocenters. The van der Waals surface area contributed by atoms with E-state index in [0.717, 1.165) is 47.5 Å². The summed E-state index contributed by atoms with van der Waals surface area (Å²) in [6, 6.07) is 3.98. The van der Waals surface area contributed by atoms with Crippen molar-refractivity contribution in [3.63, 3.8) is 0 Å². The van der Waals surface area contributed by atoms with Crippen molar-refractivity contribution in [1.82, 2.24) is 4.98 Å². The van der Waals surface area contributed by atoms with Crippen LogP contribution < -0.4 is 0 Å². The van der Waals surface area contributed by atoms with Gasteiger partial charge in [-0.25, -0.2) is 0 Å². The van der Waals surface area contributed by atoms with E-state index in [2.05, 4.69) is 18.8 Å². The fraction of sp³-hybridized carbons (Fsp3) is 0.467. The minimum absolute atomic E-state index is 0.163. The van der Waals surface area contributed by atoms with Gasteiger partial charge in [-0.1, -0.05) is 13.8 Å². The Balaban J connectivity index is 2.18. The first kappa shape index (κ1) is 12.6. The molecule has 2 aromatic rings. The van der Waals surface area contributed by atoms with E-state index in [1.807, 2.05) is 0 Å². The van der Waals surface area contributed by atoms with Crippen molar-refractivity contribution in [2.45, 2.75) is 39.3 Å². The van der Waals surface area contributed by atoms with Gasteiger partial charge in [0.1, 0.15) is 0 Å². The third-order valence-electron chi connectivity index (χ3n) is 4.03. The minimum atomic E-state index is -4.28. The van der Waals surface area contributed by atoms with Crippen molar-refractivity contribution < 1.29 is 13.2 Å². The smallest absolute Gasteiger partial charge is 0.358 e. The van der Waals surface area contributed by atoms with E-state index in [0.29, 0.717) is 0 Å². The van der Waals surface area contributed by atoms with Gasteiger partial charge in [0.05, 0.1) is 5.56 Å². The Kier molecular flexibility index (Phi) is 2.50. The molecule has 1 aliphatic carbocycles. The summed E-state index contributed by atoms with van der Waals surface area (Å²) in [6.07, 6.45) is -1.45. The molecule has 1 aromatic carbocycles. The first-order chi connectivity index (χ1) is 8.76. The number of nitrogens with one attached hydrogen (secondary N) is 1. The molecule has 0 spiro atoms. The predicted octanol–water partition coefficient (Wildman–Crippen LogP) is 4.70. The second-order valence-electron chi connectivity index (χ2n) is 6.18. The second-order valence-corrected chi connectivity index (χ2v) is 6.18. The molecule has 1 aliphatic rings. The van der Waals surface area contributed by atoms with Crippen molar-refractivity contribution in [3.05, 3.63) is 35.0 Å². The molecule has 102 valence electrons. The van der Waals surface area contributed by atoms with Gasteiger partial charge in [0.2, 0.25) is 0 Å². The lowest BCUT2D eigenvalue weighted by atomic mass is 9.76. The summed E-state index contributed by atoms with van der Waals surface area (Å²) in [5.74, 6) is 0. The van der Waals surface area contributed by atoms with Crippen LogP contribution in [0.3, 0.4) is 0 Å². The molecule has 0 bridgehead atoms. The summed E-state index contributed by atoms with van der Waals surface area (Å²) in [6.45, 7) is 4.34. The largest absolute Gasteiger partial charge is 0.416 e. The number of aromatic nitrogens is 1. The van der Waals surface area contributed by atoms with E-state index in [1.54, 1.807) is 6.07 Å². The van der Waals surface area contributed by atoms with Crippen LogP contribution in [0.1, 0.15) is 37.1 Å². The highest BCUT2D eigenvalue weighted by Crippen LogP contribution is 2.40. The SMILES string of the molecule is CC1(C)CCc2[nH]c3ccc(C(F)(F)F)cc3c2C1. The Morgan fingerprint density at radius 2 is 1.95 bits per heavy atom. The molecular weight excluding hydrogens is 251 g/mol. The van der Waals surface area contributed by atoms with Crippen LogP contribution in [0.5, 0.6) is 0 Å². The zero-order chi connectivity index (χ0) is 13.8. The van der Waals surface area contributed by atoms with Crippen LogP contribution in [0, 0.1) is 5.41 Å². The lowest BCUT2D eigenvalue weighted by Gasteiger charge is -2.29. The molecule has 19 heavy (non-hydrogen) atoms. The highest BCUT2D eigenvalue weighted by atomic mass is 19.4. The molecule has 0 saturated carbocycles. The van der Waals surface area contributed by atoms with Gasteiger partial charge in [0.15, 0.2) is 0 Å². The Morgan fingerprint density at radius 1 is 1.21 bits per heavy atom. The number of rotatable bonds is 0. The molecule has 1 nitrogen and oxygen atoms in total. The average molecular weight is 267 g/mol. The number of fused-ring (bicyclic) bond motifs is 3. The van der Waals surface area contributed by atoms with E-state index in [-0.39, 0.29) is 5.41 Å². The number of hydrogen-bond acceptors (Lipinski definition) is 0. The van der Waals surface area contributed by atoms with E-state index < -0.39 is 11.7 Å². The number of hydrogen-bond donors (Lipinski definition) is 1. The van der Waals surface area contributed by atoms with Gasteiger partial charge in [-0.2, -0.15) is 13.2 Å². The highest BCUT2D eigenvalue weighted by Gasteiger charge is 2.32. The Morgan fingerprint density at radius 3 is 2.63 bits per heavy atom. The van der Waals surface area contributed by atoms with Gasteiger partial charge in [-0.05, 0) is 48.4 Å². The van der Waals surface area contributed by atoms with Crippen molar-refractivity contribution in [3.8, 4) is 0 Å². The fourth-order valence-electron chi connectivity index (χ4n) is 2.93. The van der Waals surface area contributed by atoms with Crippen molar-refractivity contribution >= 4 is 10.9 Å². The zero-order valence-corrected chi connectivity index (χ0v) is 11.0. The number of alkyl halides is 3. The predicted molar refractivity (Wildman–Crippen MR) is 69.1 cm³/mol. The Labute approximate surface area is 109 Å². The van der Waals surface area contributed by atoms with Gasteiger partial charge in [0, 0.05) is 16.6 Å². The van der Waals surface area contributed by atoms with Crippen LogP contribution in [0.25, 0.3) is 10.9 Å². The average Bonchev–Trinajstić information content (AvgIpc) is 2.64. The highest BCUT2D eigenvalue weighted by molar-refractivity contribution is 5.85. The molecule has 1 aromatic heterocycles. The van der Waals surface area contributed by atoms with Gasteiger partial charge in [-0.15, -0.1) is 0 Å². The summed E-state index contributed by atoms with van der Waals surface area (Å²) in [7, 11) is 0. The van der Waals surface area contributed by atoms with Crippen LogP contribution in [0.4, 0.5) is 13.2 Å². The number of aromatic amines is 1. The second kappa shape index (κ2) is 3.78. The number of aryl methyl sites for hydroxylation is 1. The molecule has 0 radical (unpaired) electrons.